The molecule has 106 valence electrons. The van der Waals surface area contributed by atoms with Crippen molar-refractivity contribution in [3.05, 3.63) is 29.3 Å². The van der Waals surface area contributed by atoms with E-state index in [0.717, 1.165) is 24.9 Å². The second-order valence-corrected chi connectivity index (χ2v) is 5.56. The summed E-state index contributed by atoms with van der Waals surface area (Å²) >= 11 is 0. The van der Waals surface area contributed by atoms with Crippen LogP contribution in [0.25, 0.3) is 0 Å². The van der Waals surface area contributed by atoms with Gasteiger partial charge in [-0.05, 0) is 50.4 Å². The minimum atomic E-state index is 0.0743. The van der Waals surface area contributed by atoms with Gasteiger partial charge in [-0.15, -0.1) is 0 Å². The molecule has 1 aromatic carbocycles. The zero-order chi connectivity index (χ0) is 13.8. The highest BCUT2D eigenvalue weighted by Gasteiger charge is 2.28. The van der Waals surface area contributed by atoms with Crippen LogP contribution in [0.3, 0.4) is 0 Å². The third kappa shape index (κ3) is 3.71. The Morgan fingerprint density at radius 3 is 2.68 bits per heavy atom. The lowest BCUT2D eigenvalue weighted by molar-refractivity contribution is 0.251. The van der Waals surface area contributed by atoms with Crippen molar-refractivity contribution < 1.29 is 4.74 Å². The molecule has 0 saturated heterocycles. The summed E-state index contributed by atoms with van der Waals surface area (Å²) in [5, 5.41) is 0. The predicted octanol–water partition coefficient (Wildman–Crippen LogP) is 3.09. The number of nitrogens with zero attached hydrogens (tertiary/aromatic N) is 1. The molecule has 3 nitrogen and oxygen atoms in total. The lowest BCUT2D eigenvalue weighted by Crippen LogP contribution is -2.26. The maximum Gasteiger partial charge on any atom is 0.123 e. The Bertz CT molecular complexity index is 413. The highest BCUT2D eigenvalue weighted by molar-refractivity contribution is 5.38. The van der Waals surface area contributed by atoms with Crippen molar-refractivity contribution in [2.24, 2.45) is 5.73 Å². The quantitative estimate of drug-likeness (QED) is 0.820. The van der Waals surface area contributed by atoms with E-state index < -0.39 is 0 Å². The number of hydrogen-bond donors (Lipinski definition) is 1. The largest absolute Gasteiger partial charge is 0.496 e. The number of methoxy groups -OCH3 is 1. The van der Waals surface area contributed by atoms with Gasteiger partial charge < -0.3 is 10.5 Å². The van der Waals surface area contributed by atoms with Crippen LogP contribution in [0.2, 0.25) is 0 Å². The second-order valence-electron chi connectivity index (χ2n) is 5.56. The fourth-order valence-corrected chi connectivity index (χ4v) is 2.54. The molecule has 0 radical (unpaired) electrons. The van der Waals surface area contributed by atoms with Crippen LogP contribution in [-0.4, -0.2) is 24.6 Å². The first kappa shape index (κ1) is 14.4. The van der Waals surface area contributed by atoms with Crippen molar-refractivity contribution in [2.75, 3.05) is 13.7 Å². The fourth-order valence-electron chi connectivity index (χ4n) is 2.54. The van der Waals surface area contributed by atoms with E-state index in [9.17, 15) is 0 Å². The summed E-state index contributed by atoms with van der Waals surface area (Å²) in [6.45, 7) is 6.40. The molecule has 1 aliphatic rings. The van der Waals surface area contributed by atoms with Crippen LogP contribution in [0.15, 0.2) is 18.2 Å². The van der Waals surface area contributed by atoms with Crippen molar-refractivity contribution in [2.45, 2.75) is 51.7 Å². The summed E-state index contributed by atoms with van der Waals surface area (Å²) in [4.78, 5) is 2.57. The average Bonchev–Trinajstić information content (AvgIpc) is 3.22. The normalized spacial score (nSPS) is 16.7. The molecule has 19 heavy (non-hydrogen) atoms. The van der Waals surface area contributed by atoms with Gasteiger partial charge in [-0.3, -0.25) is 4.90 Å². The smallest absolute Gasteiger partial charge is 0.123 e. The van der Waals surface area contributed by atoms with Crippen LogP contribution < -0.4 is 10.5 Å². The summed E-state index contributed by atoms with van der Waals surface area (Å²) in [6.07, 6.45) is 3.89. The van der Waals surface area contributed by atoms with Gasteiger partial charge in [0.25, 0.3) is 0 Å². The highest BCUT2D eigenvalue weighted by atomic mass is 16.5. The predicted molar refractivity (Wildman–Crippen MR) is 79.3 cm³/mol. The monoisotopic (exact) mass is 262 g/mol. The molecule has 0 heterocycles. The van der Waals surface area contributed by atoms with E-state index in [1.807, 2.05) is 13.0 Å². The van der Waals surface area contributed by atoms with E-state index >= 15 is 0 Å². The van der Waals surface area contributed by atoms with E-state index in [2.05, 4.69) is 24.0 Å². The molecule has 0 bridgehead atoms. The van der Waals surface area contributed by atoms with Crippen molar-refractivity contribution in [1.82, 2.24) is 4.90 Å². The number of nitrogens with two attached hydrogens (primary N) is 1. The van der Waals surface area contributed by atoms with Gasteiger partial charge in [0, 0.05) is 24.2 Å². The molecular formula is C16H26N2O. The van der Waals surface area contributed by atoms with Crippen LogP contribution in [0.1, 0.15) is 50.3 Å². The summed E-state index contributed by atoms with van der Waals surface area (Å²) in [5.74, 6) is 0.978. The van der Waals surface area contributed by atoms with Crippen LogP contribution >= 0.6 is 0 Å². The first-order valence-corrected chi connectivity index (χ1v) is 7.32. The van der Waals surface area contributed by atoms with Crippen molar-refractivity contribution in [1.29, 1.82) is 0 Å². The molecule has 3 heteroatoms. The minimum Gasteiger partial charge on any atom is -0.496 e. The van der Waals surface area contributed by atoms with Gasteiger partial charge in [-0.2, -0.15) is 0 Å². The molecule has 0 amide bonds. The van der Waals surface area contributed by atoms with E-state index in [4.69, 9.17) is 10.5 Å². The van der Waals surface area contributed by atoms with Gasteiger partial charge in [0.05, 0.1) is 7.11 Å². The number of benzene rings is 1. The highest BCUT2D eigenvalue weighted by Crippen LogP contribution is 2.31. The van der Waals surface area contributed by atoms with Crippen molar-refractivity contribution in [3.63, 3.8) is 0 Å². The Hall–Kier alpha value is -1.06. The van der Waals surface area contributed by atoms with E-state index in [-0.39, 0.29) is 6.04 Å². The number of rotatable bonds is 7. The van der Waals surface area contributed by atoms with Gasteiger partial charge in [-0.1, -0.05) is 13.0 Å². The third-order valence-corrected chi connectivity index (χ3v) is 3.78. The van der Waals surface area contributed by atoms with Gasteiger partial charge in [0.15, 0.2) is 0 Å². The van der Waals surface area contributed by atoms with Crippen molar-refractivity contribution >= 4 is 0 Å². The second kappa shape index (κ2) is 6.40. The van der Waals surface area contributed by atoms with Gasteiger partial charge >= 0.3 is 0 Å². The molecule has 2 N–H and O–H groups in total. The zero-order valence-electron chi connectivity index (χ0n) is 12.4. The third-order valence-electron chi connectivity index (χ3n) is 3.78. The molecule has 1 aliphatic carbocycles. The van der Waals surface area contributed by atoms with E-state index in [1.54, 1.807) is 7.11 Å². The standard InChI is InChI=1S/C16H26N2O/c1-4-9-18(15-6-7-15)11-14-10-13(12(2)17)5-8-16(14)19-3/h5,8,10,12,15H,4,6-7,9,11,17H2,1-3H3. The van der Waals surface area contributed by atoms with Crippen LogP contribution in [0.4, 0.5) is 0 Å². The zero-order valence-corrected chi connectivity index (χ0v) is 12.4. The molecule has 1 saturated carbocycles. The minimum absolute atomic E-state index is 0.0743. The fraction of sp³-hybridized carbons (Fsp3) is 0.625. The van der Waals surface area contributed by atoms with E-state index in [0.29, 0.717) is 0 Å². The first-order valence-electron chi connectivity index (χ1n) is 7.32. The lowest BCUT2D eigenvalue weighted by Gasteiger charge is -2.23. The topological polar surface area (TPSA) is 38.5 Å². The maximum atomic E-state index is 5.98. The molecule has 0 spiro atoms. The average molecular weight is 262 g/mol. The van der Waals surface area contributed by atoms with Gasteiger partial charge in [-0.25, -0.2) is 0 Å². The summed E-state index contributed by atoms with van der Waals surface area (Å²) in [7, 11) is 1.74. The SMILES string of the molecule is CCCN(Cc1cc(C(C)N)ccc1OC)C1CC1. The summed E-state index contributed by atoms with van der Waals surface area (Å²) in [5.41, 5.74) is 8.43. The molecule has 1 fully saturated rings. The molecule has 1 atom stereocenters. The molecular weight excluding hydrogens is 236 g/mol. The Labute approximate surface area is 116 Å². The van der Waals surface area contributed by atoms with Crippen LogP contribution in [0.5, 0.6) is 5.75 Å². The molecule has 1 unspecified atom stereocenters. The first-order chi connectivity index (χ1) is 9.15. The summed E-state index contributed by atoms with van der Waals surface area (Å²) in [6, 6.07) is 7.17. The Kier molecular flexibility index (Phi) is 4.83. The Morgan fingerprint density at radius 2 is 2.16 bits per heavy atom. The van der Waals surface area contributed by atoms with Gasteiger partial charge in [0.1, 0.15) is 5.75 Å². The Morgan fingerprint density at radius 1 is 1.42 bits per heavy atom. The molecule has 0 aromatic heterocycles. The van der Waals surface area contributed by atoms with Crippen LogP contribution in [-0.2, 0) is 6.54 Å². The lowest BCUT2D eigenvalue weighted by atomic mass is 10.0. The summed E-state index contributed by atoms with van der Waals surface area (Å²) < 4.78 is 5.49. The number of ether oxygens (including phenoxy) is 1. The molecule has 2 rings (SSSR count). The molecule has 0 aliphatic heterocycles. The van der Waals surface area contributed by atoms with Crippen molar-refractivity contribution in [3.8, 4) is 5.75 Å². The Balaban J connectivity index is 2.17. The maximum absolute atomic E-state index is 5.98. The number of hydrogen-bond acceptors (Lipinski definition) is 3. The van der Waals surface area contributed by atoms with Gasteiger partial charge in [0.2, 0.25) is 0 Å². The molecule has 1 aromatic rings. The van der Waals surface area contributed by atoms with Crippen LogP contribution in [0, 0.1) is 0 Å². The van der Waals surface area contributed by atoms with E-state index in [1.165, 1.54) is 30.4 Å².